The molecule has 2 N–H and O–H groups in total. The Morgan fingerprint density at radius 1 is 1.15 bits per heavy atom. The molecule has 0 unspecified atom stereocenters. The van der Waals surface area contributed by atoms with Crippen molar-refractivity contribution in [3.8, 4) is 11.5 Å². The van der Waals surface area contributed by atoms with Gasteiger partial charge in [0, 0.05) is 12.3 Å². The van der Waals surface area contributed by atoms with Crippen molar-refractivity contribution in [3.05, 3.63) is 46.2 Å². The fraction of sp³-hybridized carbons (Fsp3) is 0.316. The summed E-state index contributed by atoms with van der Waals surface area (Å²) >= 11 is 1.33. The summed E-state index contributed by atoms with van der Waals surface area (Å²) in [5, 5.41) is 8.62. The van der Waals surface area contributed by atoms with Crippen molar-refractivity contribution in [1.82, 2.24) is 10.7 Å². The van der Waals surface area contributed by atoms with Crippen LogP contribution >= 0.6 is 11.3 Å². The molecule has 144 valence electrons. The summed E-state index contributed by atoms with van der Waals surface area (Å²) in [5.41, 5.74) is 4.01. The summed E-state index contributed by atoms with van der Waals surface area (Å²) in [4.78, 5) is 24.4. The van der Waals surface area contributed by atoms with Gasteiger partial charge in [-0.25, -0.2) is 5.43 Å². The van der Waals surface area contributed by atoms with E-state index in [1.165, 1.54) is 11.3 Å². The predicted molar refractivity (Wildman–Crippen MR) is 106 cm³/mol. The number of ether oxygens (including phenoxy) is 2. The minimum Gasteiger partial charge on any atom is -0.493 e. The molecule has 1 aromatic carbocycles. The van der Waals surface area contributed by atoms with Gasteiger partial charge in [-0.1, -0.05) is 12.1 Å². The van der Waals surface area contributed by atoms with Crippen molar-refractivity contribution < 1.29 is 19.1 Å². The molecule has 2 aromatic rings. The van der Waals surface area contributed by atoms with Crippen LogP contribution in [0.1, 0.15) is 28.6 Å². The van der Waals surface area contributed by atoms with Crippen LogP contribution in [0.3, 0.4) is 0 Å². The molecule has 0 atom stereocenters. The third-order valence-electron chi connectivity index (χ3n) is 3.69. The van der Waals surface area contributed by atoms with Crippen molar-refractivity contribution in [2.45, 2.75) is 19.8 Å². The maximum absolute atomic E-state index is 12.0. The first-order valence-corrected chi connectivity index (χ1v) is 9.26. The van der Waals surface area contributed by atoms with Crippen LogP contribution in [0.2, 0.25) is 0 Å². The quantitative estimate of drug-likeness (QED) is 0.510. The van der Waals surface area contributed by atoms with E-state index in [1.807, 2.05) is 23.6 Å². The van der Waals surface area contributed by atoms with E-state index in [9.17, 15) is 9.59 Å². The van der Waals surface area contributed by atoms with Crippen LogP contribution in [0.25, 0.3) is 0 Å². The number of nitrogens with one attached hydrogen (secondary N) is 2. The van der Waals surface area contributed by atoms with E-state index in [0.29, 0.717) is 35.1 Å². The van der Waals surface area contributed by atoms with Crippen LogP contribution in [-0.4, -0.2) is 38.3 Å². The van der Waals surface area contributed by atoms with Gasteiger partial charge in [0.2, 0.25) is 5.91 Å². The van der Waals surface area contributed by atoms with Crippen LogP contribution < -0.4 is 20.2 Å². The molecular formula is C19H23N3O4S. The van der Waals surface area contributed by atoms with Crippen LogP contribution in [-0.2, 0) is 11.2 Å². The fourth-order valence-corrected chi connectivity index (χ4v) is 2.94. The SMILES string of the molecule is COc1ccc(CCNC(=O)C/C(C)=N/NC(=O)c2cccs2)cc1OC. The van der Waals surface area contributed by atoms with Gasteiger partial charge in [0.25, 0.3) is 5.91 Å². The smallest absolute Gasteiger partial charge is 0.281 e. The number of hydrazone groups is 1. The molecule has 2 rings (SSSR count). The van der Waals surface area contributed by atoms with Gasteiger partial charge >= 0.3 is 0 Å². The lowest BCUT2D eigenvalue weighted by atomic mass is 10.1. The highest BCUT2D eigenvalue weighted by Gasteiger charge is 2.08. The highest BCUT2D eigenvalue weighted by Crippen LogP contribution is 2.27. The zero-order chi connectivity index (χ0) is 19.6. The Hall–Kier alpha value is -2.87. The molecule has 0 aliphatic heterocycles. The number of rotatable bonds is 9. The van der Waals surface area contributed by atoms with Crippen molar-refractivity contribution in [1.29, 1.82) is 0 Å². The lowest BCUT2D eigenvalue weighted by Crippen LogP contribution is -2.28. The Bertz CT molecular complexity index is 803. The number of carbonyl (C=O) groups is 2. The topological polar surface area (TPSA) is 89.0 Å². The van der Waals surface area contributed by atoms with Crippen LogP contribution in [0.5, 0.6) is 11.5 Å². The number of hydrogen-bond donors (Lipinski definition) is 2. The summed E-state index contributed by atoms with van der Waals surface area (Å²) in [6.07, 6.45) is 0.786. The van der Waals surface area contributed by atoms with E-state index in [4.69, 9.17) is 9.47 Å². The molecule has 1 aromatic heterocycles. The van der Waals surface area contributed by atoms with Gasteiger partial charge in [0.1, 0.15) is 0 Å². The van der Waals surface area contributed by atoms with E-state index in [2.05, 4.69) is 15.8 Å². The van der Waals surface area contributed by atoms with Gasteiger partial charge < -0.3 is 14.8 Å². The number of amides is 2. The number of hydrogen-bond acceptors (Lipinski definition) is 6. The van der Waals surface area contributed by atoms with E-state index >= 15 is 0 Å². The largest absolute Gasteiger partial charge is 0.493 e. The Balaban J connectivity index is 1.75. The molecule has 0 radical (unpaired) electrons. The first-order valence-electron chi connectivity index (χ1n) is 8.38. The summed E-state index contributed by atoms with van der Waals surface area (Å²) in [7, 11) is 3.17. The summed E-state index contributed by atoms with van der Waals surface area (Å²) < 4.78 is 10.5. The Labute approximate surface area is 162 Å². The Morgan fingerprint density at radius 3 is 2.59 bits per heavy atom. The first-order chi connectivity index (χ1) is 13.0. The molecule has 2 amide bonds. The minimum absolute atomic E-state index is 0.122. The predicted octanol–water partition coefficient (Wildman–Crippen LogP) is 2.62. The highest BCUT2D eigenvalue weighted by atomic mass is 32.1. The van der Waals surface area contributed by atoms with Crippen LogP contribution in [0.15, 0.2) is 40.8 Å². The summed E-state index contributed by atoms with van der Waals surface area (Å²) in [5.74, 6) is 0.896. The standard InChI is InChI=1S/C19H23N3O4S/c1-13(21-22-19(24)17-5-4-10-27-17)11-18(23)20-9-8-14-6-7-15(25-2)16(12-14)26-3/h4-7,10,12H,8-9,11H2,1-3H3,(H,20,23)(H,22,24)/b21-13+. The lowest BCUT2D eigenvalue weighted by Gasteiger charge is -2.10. The second kappa shape index (κ2) is 10.3. The number of carbonyl (C=O) groups excluding carboxylic acids is 2. The first kappa shape index (κ1) is 20.4. The summed E-state index contributed by atoms with van der Waals surface area (Å²) in [6, 6.07) is 9.16. The Kier molecular flexibility index (Phi) is 7.81. The average molecular weight is 389 g/mol. The van der Waals surface area contributed by atoms with Gasteiger partial charge in [0.15, 0.2) is 11.5 Å². The molecule has 0 aliphatic carbocycles. The normalized spacial score (nSPS) is 11.0. The zero-order valence-electron chi connectivity index (χ0n) is 15.6. The molecule has 0 aliphatic rings. The van der Waals surface area contributed by atoms with Gasteiger partial charge in [-0.2, -0.15) is 5.10 Å². The second-order valence-electron chi connectivity index (χ2n) is 5.73. The van der Waals surface area contributed by atoms with Gasteiger partial charge in [-0.15, -0.1) is 11.3 Å². The molecule has 8 heteroatoms. The molecular weight excluding hydrogens is 366 g/mol. The second-order valence-corrected chi connectivity index (χ2v) is 6.68. The fourth-order valence-electron chi connectivity index (χ4n) is 2.33. The number of benzene rings is 1. The van der Waals surface area contributed by atoms with Gasteiger partial charge in [0.05, 0.1) is 25.5 Å². The maximum atomic E-state index is 12.0. The van der Waals surface area contributed by atoms with E-state index in [0.717, 1.165) is 5.56 Å². The molecule has 0 bridgehead atoms. The number of nitrogens with zero attached hydrogens (tertiary/aromatic N) is 1. The molecule has 0 spiro atoms. The average Bonchev–Trinajstić information content (AvgIpc) is 3.20. The van der Waals surface area contributed by atoms with Crippen molar-refractivity contribution in [2.75, 3.05) is 20.8 Å². The highest BCUT2D eigenvalue weighted by molar-refractivity contribution is 7.12. The maximum Gasteiger partial charge on any atom is 0.281 e. The summed E-state index contributed by atoms with van der Waals surface area (Å²) in [6.45, 7) is 2.19. The van der Waals surface area contributed by atoms with E-state index < -0.39 is 0 Å². The van der Waals surface area contributed by atoms with E-state index in [1.54, 1.807) is 33.3 Å². The molecule has 1 heterocycles. The third-order valence-corrected chi connectivity index (χ3v) is 4.56. The number of thiophene rings is 1. The number of methoxy groups -OCH3 is 2. The van der Waals surface area contributed by atoms with Crippen LogP contribution in [0.4, 0.5) is 0 Å². The van der Waals surface area contributed by atoms with Crippen molar-refractivity contribution >= 4 is 28.9 Å². The zero-order valence-corrected chi connectivity index (χ0v) is 16.4. The third kappa shape index (κ3) is 6.41. The van der Waals surface area contributed by atoms with Crippen molar-refractivity contribution in [3.63, 3.8) is 0 Å². The molecule has 7 nitrogen and oxygen atoms in total. The van der Waals surface area contributed by atoms with Gasteiger partial charge in [-0.3, -0.25) is 9.59 Å². The molecule has 0 saturated heterocycles. The Morgan fingerprint density at radius 2 is 1.93 bits per heavy atom. The minimum atomic E-state index is -0.279. The molecule has 27 heavy (non-hydrogen) atoms. The van der Waals surface area contributed by atoms with Crippen LogP contribution in [0, 0.1) is 0 Å². The molecule has 0 fully saturated rings. The van der Waals surface area contributed by atoms with Gasteiger partial charge in [-0.05, 0) is 42.5 Å². The van der Waals surface area contributed by atoms with E-state index in [-0.39, 0.29) is 18.2 Å². The monoisotopic (exact) mass is 389 g/mol. The van der Waals surface area contributed by atoms with Crippen molar-refractivity contribution in [2.24, 2.45) is 5.10 Å². The lowest BCUT2D eigenvalue weighted by molar-refractivity contribution is -0.119. The molecule has 0 saturated carbocycles.